The lowest BCUT2D eigenvalue weighted by atomic mass is 10.1. The van der Waals surface area contributed by atoms with Gasteiger partial charge in [-0.1, -0.05) is 296 Å². The molecule has 5 atom stereocenters. The molecule has 0 amide bonds. The summed E-state index contributed by atoms with van der Waals surface area (Å²) in [7, 11) is -9.99. The smallest absolute Gasteiger partial charge is 0.462 e. The number of phosphoric ester groups is 2. The molecule has 0 aliphatic heterocycles. The molecule has 0 heterocycles. The van der Waals surface area contributed by atoms with E-state index in [1.54, 1.807) is 0 Å². The number of rotatable bonds is 78. The molecule has 0 fully saturated rings. The highest BCUT2D eigenvalue weighted by atomic mass is 31.2. The number of aliphatic hydroxyl groups excluding tert-OH is 1. The van der Waals surface area contributed by atoms with Gasteiger partial charge in [-0.25, -0.2) is 9.13 Å². The third kappa shape index (κ3) is 79.0. The highest BCUT2D eigenvalue weighted by Gasteiger charge is 2.30. The van der Waals surface area contributed by atoms with Gasteiger partial charge in [-0.2, -0.15) is 0 Å². The van der Waals surface area contributed by atoms with E-state index in [2.05, 4.69) is 174 Å². The zero-order valence-corrected chi connectivity index (χ0v) is 69.5. The number of aliphatic hydroxyl groups is 1. The van der Waals surface area contributed by atoms with Crippen molar-refractivity contribution in [3.8, 4) is 0 Å². The van der Waals surface area contributed by atoms with Crippen LogP contribution in [0.3, 0.4) is 0 Å². The summed E-state index contributed by atoms with van der Waals surface area (Å²) >= 11 is 0. The van der Waals surface area contributed by atoms with Crippen molar-refractivity contribution in [2.75, 3.05) is 39.6 Å². The van der Waals surface area contributed by atoms with Crippen molar-refractivity contribution < 1.29 is 80.2 Å². The van der Waals surface area contributed by atoms with Crippen LogP contribution in [0.15, 0.2) is 146 Å². The van der Waals surface area contributed by atoms with Crippen LogP contribution in [-0.4, -0.2) is 96.7 Å². The second kappa shape index (κ2) is 80.0. The molecule has 0 saturated carbocycles. The van der Waals surface area contributed by atoms with Crippen LogP contribution in [0.4, 0.5) is 0 Å². The van der Waals surface area contributed by atoms with Crippen LogP contribution in [0.1, 0.15) is 336 Å². The zero-order valence-electron chi connectivity index (χ0n) is 67.7. The van der Waals surface area contributed by atoms with Crippen molar-refractivity contribution in [2.24, 2.45) is 0 Å². The maximum Gasteiger partial charge on any atom is 0.472 e. The molecular formula is C89H150O17P2. The Balaban J connectivity index is 5.42. The van der Waals surface area contributed by atoms with Crippen molar-refractivity contribution in [1.29, 1.82) is 0 Å². The SMILES string of the molecule is CC/C=C\C/C=C\C/C=C\C/C=C\CCCCCCCCC(=O)OCC(COP(=O)(O)OCC(O)COP(=O)(O)OCC(COC(=O)CCCCCC/C=C\C/C=C\C/C=C\C/C=C\CC)OC(=O)CCCCCCC/C=C\CCCCCCCC)OC(=O)CCCCCCCCC/C=C\C/C=C\C/C=C\CC. The second-order valence-electron chi connectivity index (χ2n) is 27.6. The minimum Gasteiger partial charge on any atom is -0.462 e. The predicted octanol–water partition coefficient (Wildman–Crippen LogP) is 25.0. The first-order valence-corrected chi connectivity index (χ1v) is 45.1. The average molecular weight is 1550 g/mol. The standard InChI is InChI=1S/C89H150O17P2/c1-5-9-13-17-21-25-29-33-37-40-41-44-47-50-54-58-62-66-70-74-87(92)100-80-85(106-89(94)76-72-68-64-60-56-52-48-43-39-35-31-27-23-19-15-11-7-3)82-104-108(97,98)102-78-83(90)77-101-107(95,96)103-81-84(105-88(93)75-71-67-63-59-55-51-45-36-32-28-24-20-16-12-8-4)79-99-86(91)73-69-65-61-57-53-49-46-42-38-34-30-26-22-18-14-10-6-2/h9-11,13-15,21-23,25-27,33-39,41,44-46,49,83-85,90H,5-8,12,16-20,24,28-32,40,42-43,47-48,50-82H2,1-4H3,(H,95,96)(H,97,98)/b13-9-,14-10-,15-11-,25-21-,26-22-,27-23-,37-33-,38-34-,39-35-,44-41-,45-36-,49-46-. The van der Waals surface area contributed by atoms with Crippen LogP contribution in [0.2, 0.25) is 0 Å². The Kier molecular flexibility index (Phi) is 76.3. The lowest BCUT2D eigenvalue weighted by molar-refractivity contribution is -0.161. The fourth-order valence-corrected chi connectivity index (χ4v) is 12.6. The van der Waals surface area contributed by atoms with Gasteiger partial charge in [-0.05, 0) is 161 Å². The minimum atomic E-state index is -4.99. The van der Waals surface area contributed by atoms with Gasteiger partial charge < -0.3 is 33.8 Å². The number of hydrogen-bond acceptors (Lipinski definition) is 15. The molecular weight excluding hydrogens is 1400 g/mol. The Bertz CT molecular complexity index is 2610. The molecule has 17 nitrogen and oxygen atoms in total. The largest absolute Gasteiger partial charge is 0.472 e. The van der Waals surface area contributed by atoms with Crippen LogP contribution < -0.4 is 0 Å². The summed E-state index contributed by atoms with van der Waals surface area (Å²) in [4.78, 5) is 73.2. The number of ether oxygens (including phenoxy) is 4. The molecule has 19 heteroatoms. The summed E-state index contributed by atoms with van der Waals surface area (Å²) in [6.45, 7) is 4.50. The van der Waals surface area contributed by atoms with E-state index in [4.69, 9.17) is 37.0 Å². The molecule has 0 rings (SSSR count). The first kappa shape index (κ1) is 103. The van der Waals surface area contributed by atoms with Crippen molar-refractivity contribution in [1.82, 2.24) is 0 Å². The normalized spacial score (nSPS) is 14.5. The van der Waals surface area contributed by atoms with Gasteiger partial charge in [0.05, 0.1) is 26.4 Å². The van der Waals surface area contributed by atoms with Crippen molar-refractivity contribution in [3.63, 3.8) is 0 Å². The number of phosphoric acid groups is 2. The van der Waals surface area contributed by atoms with Gasteiger partial charge in [0.25, 0.3) is 0 Å². The van der Waals surface area contributed by atoms with E-state index in [1.807, 2.05) is 0 Å². The van der Waals surface area contributed by atoms with E-state index in [0.717, 1.165) is 218 Å². The van der Waals surface area contributed by atoms with Gasteiger partial charge in [0.2, 0.25) is 0 Å². The summed E-state index contributed by atoms with van der Waals surface area (Å²) in [6, 6.07) is 0. The fraction of sp³-hybridized carbons (Fsp3) is 0.685. The van der Waals surface area contributed by atoms with E-state index in [9.17, 15) is 43.2 Å². The minimum absolute atomic E-state index is 0.0760. The molecule has 0 saturated heterocycles. The Morgan fingerprint density at radius 1 is 0.269 bits per heavy atom. The Morgan fingerprint density at radius 3 is 0.750 bits per heavy atom. The number of carbonyl (C=O) groups excluding carboxylic acids is 4. The van der Waals surface area contributed by atoms with E-state index in [-0.39, 0.29) is 25.7 Å². The van der Waals surface area contributed by atoms with Gasteiger partial charge in [0, 0.05) is 25.7 Å². The molecule has 0 bridgehead atoms. The van der Waals surface area contributed by atoms with E-state index < -0.39 is 97.5 Å². The highest BCUT2D eigenvalue weighted by Crippen LogP contribution is 2.45. The van der Waals surface area contributed by atoms with Gasteiger partial charge >= 0.3 is 39.5 Å². The Morgan fingerprint density at radius 2 is 0.481 bits per heavy atom. The van der Waals surface area contributed by atoms with E-state index in [0.29, 0.717) is 25.7 Å². The van der Waals surface area contributed by atoms with E-state index >= 15 is 0 Å². The van der Waals surface area contributed by atoms with Crippen molar-refractivity contribution >= 4 is 39.5 Å². The predicted molar refractivity (Wildman–Crippen MR) is 445 cm³/mol. The van der Waals surface area contributed by atoms with Crippen LogP contribution in [0.25, 0.3) is 0 Å². The maximum absolute atomic E-state index is 13.1. The molecule has 618 valence electrons. The molecule has 0 radical (unpaired) electrons. The number of allylic oxidation sites excluding steroid dienone is 24. The van der Waals surface area contributed by atoms with Gasteiger partial charge in [0.15, 0.2) is 12.2 Å². The lowest BCUT2D eigenvalue weighted by Crippen LogP contribution is -2.30. The maximum atomic E-state index is 13.1. The number of unbranched alkanes of at least 4 members (excludes halogenated alkanes) is 28. The molecule has 0 aromatic heterocycles. The van der Waals surface area contributed by atoms with Crippen LogP contribution >= 0.6 is 15.6 Å². The van der Waals surface area contributed by atoms with Gasteiger partial charge in [-0.15, -0.1) is 0 Å². The summed E-state index contributed by atoms with van der Waals surface area (Å²) < 4.78 is 68.8. The van der Waals surface area contributed by atoms with Crippen molar-refractivity contribution in [3.05, 3.63) is 146 Å². The van der Waals surface area contributed by atoms with E-state index in [1.165, 1.54) is 38.5 Å². The molecule has 3 N–H and O–H groups in total. The summed E-state index contributed by atoms with van der Waals surface area (Å²) in [5.41, 5.74) is 0. The monoisotopic (exact) mass is 1550 g/mol. The first-order valence-electron chi connectivity index (χ1n) is 42.1. The zero-order chi connectivity index (χ0) is 78.9. The molecule has 0 aliphatic rings. The Labute approximate surface area is 656 Å². The van der Waals surface area contributed by atoms with Gasteiger partial charge in [0.1, 0.15) is 19.3 Å². The quantitative estimate of drug-likeness (QED) is 0.0169. The highest BCUT2D eigenvalue weighted by molar-refractivity contribution is 7.47. The Hall–Kier alpha value is -5.06. The van der Waals surface area contributed by atoms with Crippen LogP contribution in [0.5, 0.6) is 0 Å². The lowest BCUT2D eigenvalue weighted by Gasteiger charge is -2.21. The molecule has 0 aromatic carbocycles. The molecule has 5 unspecified atom stereocenters. The molecule has 0 aromatic rings. The molecule has 0 spiro atoms. The average Bonchev–Trinajstić information content (AvgIpc) is 0.906. The first-order chi connectivity index (χ1) is 52.7. The van der Waals surface area contributed by atoms with Crippen LogP contribution in [0, 0.1) is 0 Å². The number of hydrogen-bond donors (Lipinski definition) is 3. The second-order valence-corrected chi connectivity index (χ2v) is 30.5. The van der Waals surface area contributed by atoms with Crippen molar-refractivity contribution in [2.45, 2.75) is 354 Å². The number of carbonyl (C=O) groups is 4. The summed E-state index contributed by atoms with van der Waals surface area (Å²) in [5, 5.41) is 10.7. The topological polar surface area (TPSA) is 237 Å². The number of esters is 4. The summed E-state index contributed by atoms with van der Waals surface area (Å²) in [6.07, 6.45) is 92.3. The van der Waals surface area contributed by atoms with Crippen LogP contribution in [-0.2, 0) is 65.4 Å². The summed E-state index contributed by atoms with van der Waals surface area (Å²) in [5.74, 6) is -2.23. The third-order valence-corrected chi connectivity index (χ3v) is 19.2. The van der Waals surface area contributed by atoms with Gasteiger partial charge in [-0.3, -0.25) is 37.3 Å². The molecule has 0 aliphatic carbocycles. The molecule has 108 heavy (non-hydrogen) atoms. The third-order valence-electron chi connectivity index (χ3n) is 17.3. The fourth-order valence-electron chi connectivity index (χ4n) is 11.0.